The molecular formula is C22H20N2OS. The van der Waals surface area contributed by atoms with E-state index in [1.54, 1.807) is 11.3 Å². The van der Waals surface area contributed by atoms with Crippen LogP contribution in [0.25, 0.3) is 10.2 Å². The van der Waals surface area contributed by atoms with E-state index in [-0.39, 0.29) is 5.91 Å². The van der Waals surface area contributed by atoms with Crippen molar-refractivity contribution in [3.8, 4) is 0 Å². The molecule has 130 valence electrons. The van der Waals surface area contributed by atoms with Gasteiger partial charge in [0.25, 0.3) is 5.91 Å². The third kappa shape index (κ3) is 3.16. The minimum absolute atomic E-state index is 0.0763. The molecule has 0 saturated heterocycles. The number of rotatable bonds is 4. The summed E-state index contributed by atoms with van der Waals surface area (Å²) in [6.07, 6.45) is 0. The number of thiophene rings is 1. The molecule has 0 aliphatic rings. The molecule has 0 saturated carbocycles. The first-order valence-electron chi connectivity index (χ1n) is 8.61. The number of hydrogen-bond donors (Lipinski definition) is 1. The van der Waals surface area contributed by atoms with Gasteiger partial charge in [-0.1, -0.05) is 36.4 Å². The largest absolute Gasteiger partial charge is 0.331 e. The predicted molar refractivity (Wildman–Crippen MR) is 109 cm³/mol. The van der Waals surface area contributed by atoms with Crippen LogP contribution in [0, 0.1) is 13.8 Å². The van der Waals surface area contributed by atoms with Crippen LogP contribution >= 0.6 is 11.3 Å². The van der Waals surface area contributed by atoms with Gasteiger partial charge in [0.1, 0.15) is 5.69 Å². The fourth-order valence-corrected chi connectivity index (χ4v) is 3.94. The summed E-state index contributed by atoms with van der Waals surface area (Å²) < 4.78 is 3.23. The van der Waals surface area contributed by atoms with Gasteiger partial charge >= 0.3 is 0 Å². The summed E-state index contributed by atoms with van der Waals surface area (Å²) in [4.78, 5) is 13.0. The third-order valence-corrected chi connectivity index (χ3v) is 5.56. The summed E-state index contributed by atoms with van der Waals surface area (Å²) in [5.74, 6) is -0.0763. The van der Waals surface area contributed by atoms with Crippen LogP contribution in [0.4, 0.5) is 5.69 Å². The van der Waals surface area contributed by atoms with E-state index in [1.807, 2.05) is 42.5 Å². The average Bonchev–Trinajstić information content (AvgIpc) is 3.22. The molecule has 3 nitrogen and oxygen atoms in total. The number of carbonyl (C=O) groups is 1. The molecule has 0 spiro atoms. The minimum atomic E-state index is -0.0763. The van der Waals surface area contributed by atoms with Crippen LogP contribution in [0.3, 0.4) is 0 Å². The van der Waals surface area contributed by atoms with E-state index < -0.39 is 0 Å². The number of aromatic nitrogens is 1. The standard InChI is InChI=1S/C22H20N2OS/c1-15-8-9-18(12-16(15)2)23-22(25)20-13-21-19(10-11-26-21)24(20)14-17-6-4-3-5-7-17/h3-13H,14H2,1-2H3,(H,23,25). The van der Waals surface area contributed by atoms with Crippen LogP contribution in [0.5, 0.6) is 0 Å². The maximum atomic E-state index is 13.0. The topological polar surface area (TPSA) is 34.0 Å². The monoisotopic (exact) mass is 360 g/mol. The normalized spacial score (nSPS) is 11.0. The fraction of sp³-hybridized carbons (Fsp3) is 0.136. The number of nitrogens with one attached hydrogen (secondary N) is 1. The summed E-state index contributed by atoms with van der Waals surface area (Å²) in [5, 5.41) is 5.11. The lowest BCUT2D eigenvalue weighted by Crippen LogP contribution is -2.17. The molecule has 4 heteroatoms. The number of amides is 1. The number of carbonyl (C=O) groups excluding carboxylic acids is 1. The van der Waals surface area contributed by atoms with E-state index in [0.717, 1.165) is 15.9 Å². The molecule has 0 aliphatic heterocycles. The minimum Gasteiger partial charge on any atom is -0.331 e. The molecule has 0 radical (unpaired) electrons. The van der Waals surface area contributed by atoms with Gasteiger partial charge in [-0.15, -0.1) is 11.3 Å². The summed E-state index contributed by atoms with van der Waals surface area (Å²) in [7, 11) is 0. The Kier molecular flexibility index (Phi) is 4.35. The van der Waals surface area contributed by atoms with E-state index in [1.165, 1.54) is 16.7 Å². The number of fused-ring (bicyclic) bond motifs is 1. The lowest BCUT2D eigenvalue weighted by atomic mass is 10.1. The van der Waals surface area contributed by atoms with Gasteiger partial charge in [-0.3, -0.25) is 4.79 Å². The fourth-order valence-electron chi connectivity index (χ4n) is 3.12. The van der Waals surface area contributed by atoms with Crippen LogP contribution < -0.4 is 5.32 Å². The molecule has 2 heterocycles. The highest BCUT2D eigenvalue weighted by Gasteiger charge is 2.17. The molecule has 0 bridgehead atoms. The Bertz CT molecular complexity index is 1080. The van der Waals surface area contributed by atoms with Crippen LogP contribution in [-0.4, -0.2) is 10.5 Å². The Labute approximate surface area is 156 Å². The summed E-state index contributed by atoms with van der Waals surface area (Å²) in [5.41, 5.74) is 6.18. The lowest BCUT2D eigenvalue weighted by molar-refractivity contribution is 0.101. The van der Waals surface area contributed by atoms with E-state index in [9.17, 15) is 4.79 Å². The van der Waals surface area contributed by atoms with Gasteiger partial charge in [-0.2, -0.15) is 0 Å². The first-order chi connectivity index (χ1) is 12.6. The van der Waals surface area contributed by atoms with Crippen molar-refractivity contribution in [1.82, 2.24) is 4.57 Å². The zero-order valence-corrected chi connectivity index (χ0v) is 15.6. The van der Waals surface area contributed by atoms with E-state index in [2.05, 4.69) is 47.3 Å². The molecule has 1 amide bonds. The second-order valence-electron chi connectivity index (χ2n) is 6.52. The Morgan fingerprint density at radius 3 is 2.58 bits per heavy atom. The summed E-state index contributed by atoms with van der Waals surface area (Å²) in [6.45, 7) is 4.80. The highest BCUT2D eigenvalue weighted by molar-refractivity contribution is 7.17. The number of aryl methyl sites for hydroxylation is 2. The van der Waals surface area contributed by atoms with Crippen molar-refractivity contribution in [2.75, 3.05) is 5.32 Å². The zero-order valence-electron chi connectivity index (χ0n) is 14.8. The second kappa shape index (κ2) is 6.81. The van der Waals surface area contributed by atoms with E-state index in [4.69, 9.17) is 0 Å². The Balaban J connectivity index is 1.68. The van der Waals surface area contributed by atoms with Crippen molar-refractivity contribution >= 4 is 33.1 Å². The Morgan fingerprint density at radius 1 is 1.00 bits per heavy atom. The molecule has 4 aromatic rings. The zero-order chi connectivity index (χ0) is 18.1. The van der Waals surface area contributed by atoms with Crippen molar-refractivity contribution in [3.05, 3.63) is 88.4 Å². The first kappa shape index (κ1) is 16.6. The van der Waals surface area contributed by atoms with Gasteiger partial charge in [-0.05, 0) is 60.2 Å². The van der Waals surface area contributed by atoms with Crippen LogP contribution in [-0.2, 0) is 6.54 Å². The van der Waals surface area contributed by atoms with Crippen LogP contribution in [0.2, 0.25) is 0 Å². The highest BCUT2D eigenvalue weighted by atomic mass is 32.1. The molecular weight excluding hydrogens is 340 g/mol. The van der Waals surface area contributed by atoms with Gasteiger partial charge in [0.2, 0.25) is 0 Å². The van der Waals surface area contributed by atoms with E-state index in [0.29, 0.717) is 12.2 Å². The Morgan fingerprint density at radius 2 is 1.81 bits per heavy atom. The van der Waals surface area contributed by atoms with Crippen molar-refractivity contribution in [3.63, 3.8) is 0 Å². The van der Waals surface area contributed by atoms with Gasteiger partial charge in [-0.25, -0.2) is 0 Å². The molecule has 4 rings (SSSR count). The lowest BCUT2D eigenvalue weighted by Gasteiger charge is -2.12. The first-order valence-corrected chi connectivity index (χ1v) is 9.49. The van der Waals surface area contributed by atoms with Crippen LogP contribution in [0.15, 0.2) is 66.0 Å². The van der Waals surface area contributed by atoms with Crippen molar-refractivity contribution < 1.29 is 4.79 Å². The van der Waals surface area contributed by atoms with Crippen molar-refractivity contribution in [1.29, 1.82) is 0 Å². The molecule has 26 heavy (non-hydrogen) atoms. The second-order valence-corrected chi connectivity index (χ2v) is 7.47. The summed E-state index contributed by atoms with van der Waals surface area (Å²) >= 11 is 1.66. The molecule has 0 fully saturated rings. The van der Waals surface area contributed by atoms with Crippen molar-refractivity contribution in [2.24, 2.45) is 0 Å². The third-order valence-electron chi connectivity index (χ3n) is 4.70. The highest BCUT2D eigenvalue weighted by Crippen LogP contribution is 2.27. The van der Waals surface area contributed by atoms with Crippen LogP contribution in [0.1, 0.15) is 27.2 Å². The molecule has 0 unspecified atom stereocenters. The molecule has 0 atom stereocenters. The van der Waals surface area contributed by atoms with Gasteiger partial charge in [0.15, 0.2) is 0 Å². The van der Waals surface area contributed by atoms with E-state index >= 15 is 0 Å². The average molecular weight is 360 g/mol. The SMILES string of the molecule is Cc1ccc(NC(=O)c2cc3sccc3n2Cc2ccccc2)cc1C. The Hall–Kier alpha value is -2.85. The summed E-state index contributed by atoms with van der Waals surface area (Å²) in [6, 6.07) is 20.3. The quantitative estimate of drug-likeness (QED) is 0.503. The number of anilines is 1. The predicted octanol–water partition coefficient (Wildman–Crippen LogP) is 5.62. The van der Waals surface area contributed by atoms with Gasteiger partial charge in [0.05, 0.1) is 10.2 Å². The van der Waals surface area contributed by atoms with Crippen molar-refractivity contribution in [2.45, 2.75) is 20.4 Å². The smallest absolute Gasteiger partial charge is 0.272 e. The molecule has 0 aliphatic carbocycles. The number of benzene rings is 2. The maximum absolute atomic E-state index is 13.0. The molecule has 1 N–H and O–H groups in total. The number of nitrogens with zero attached hydrogens (tertiary/aromatic N) is 1. The maximum Gasteiger partial charge on any atom is 0.272 e. The van der Waals surface area contributed by atoms with Gasteiger partial charge < -0.3 is 9.88 Å². The molecule has 2 aromatic carbocycles. The number of hydrogen-bond acceptors (Lipinski definition) is 2. The van der Waals surface area contributed by atoms with Gasteiger partial charge in [0, 0.05) is 12.2 Å². The molecule has 2 aromatic heterocycles.